The first-order valence-corrected chi connectivity index (χ1v) is 6.71. The van der Waals surface area contributed by atoms with Crippen LogP contribution < -0.4 is 14.8 Å². The van der Waals surface area contributed by atoms with Gasteiger partial charge in [-0.15, -0.1) is 0 Å². The van der Waals surface area contributed by atoms with Crippen molar-refractivity contribution in [1.82, 2.24) is 5.32 Å². The Kier molecular flexibility index (Phi) is 3.75. The Labute approximate surface area is 121 Å². The van der Waals surface area contributed by atoms with Crippen molar-refractivity contribution in [3.8, 4) is 11.5 Å². The first-order valence-electron chi connectivity index (χ1n) is 6.71. The molecule has 3 nitrogen and oxygen atoms in total. The van der Waals surface area contributed by atoms with Crippen molar-refractivity contribution < 1.29 is 18.3 Å². The molecule has 0 saturated heterocycles. The van der Waals surface area contributed by atoms with Crippen LogP contribution >= 0.6 is 0 Å². The second kappa shape index (κ2) is 5.69. The molecule has 1 aliphatic rings. The zero-order chi connectivity index (χ0) is 14.8. The highest BCUT2D eigenvalue weighted by Crippen LogP contribution is 2.35. The zero-order valence-electron chi connectivity index (χ0n) is 11.5. The number of para-hydroxylation sites is 1. The molecule has 0 saturated carbocycles. The first kappa shape index (κ1) is 13.8. The van der Waals surface area contributed by atoms with Gasteiger partial charge in [0.2, 0.25) is 6.79 Å². The monoisotopic (exact) mass is 291 g/mol. The third-order valence-corrected chi connectivity index (χ3v) is 3.51. The van der Waals surface area contributed by atoms with Gasteiger partial charge in [-0.2, -0.15) is 0 Å². The number of hydrogen-bond acceptors (Lipinski definition) is 3. The molecule has 1 aliphatic heterocycles. The second-order valence-electron chi connectivity index (χ2n) is 4.89. The van der Waals surface area contributed by atoms with E-state index in [9.17, 15) is 8.78 Å². The van der Waals surface area contributed by atoms with Crippen LogP contribution in [0.5, 0.6) is 11.5 Å². The predicted molar refractivity (Wildman–Crippen MR) is 74.2 cm³/mol. The summed E-state index contributed by atoms with van der Waals surface area (Å²) < 4.78 is 38.1. The van der Waals surface area contributed by atoms with Crippen LogP contribution in [0, 0.1) is 11.6 Å². The summed E-state index contributed by atoms with van der Waals surface area (Å²) in [5, 5.41) is 3.11. The molecule has 110 valence electrons. The SMILES string of the molecule is CC(NCc1cccc2c1OCO2)c1c(F)cccc1F. The van der Waals surface area contributed by atoms with Gasteiger partial charge in [0.1, 0.15) is 11.6 Å². The summed E-state index contributed by atoms with van der Waals surface area (Å²) in [5.74, 6) is 0.283. The van der Waals surface area contributed by atoms with Crippen LogP contribution in [-0.4, -0.2) is 6.79 Å². The summed E-state index contributed by atoms with van der Waals surface area (Å²) >= 11 is 0. The third-order valence-electron chi connectivity index (χ3n) is 3.51. The zero-order valence-corrected chi connectivity index (χ0v) is 11.5. The standard InChI is InChI=1S/C16H15F2NO2/c1-10(15-12(17)5-3-6-13(15)18)19-8-11-4-2-7-14-16(11)21-9-20-14/h2-7,10,19H,8-9H2,1H3. The molecule has 3 rings (SSSR count). The number of fused-ring (bicyclic) bond motifs is 1. The maximum atomic E-state index is 13.7. The lowest BCUT2D eigenvalue weighted by molar-refractivity contribution is 0.173. The highest BCUT2D eigenvalue weighted by Gasteiger charge is 2.19. The topological polar surface area (TPSA) is 30.5 Å². The van der Waals surface area contributed by atoms with Crippen LogP contribution in [0.2, 0.25) is 0 Å². The Morgan fingerprint density at radius 1 is 1.10 bits per heavy atom. The third kappa shape index (κ3) is 2.69. The van der Waals surface area contributed by atoms with Crippen molar-refractivity contribution in [2.45, 2.75) is 19.5 Å². The Morgan fingerprint density at radius 2 is 1.81 bits per heavy atom. The van der Waals surface area contributed by atoms with E-state index in [0.717, 1.165) is 5.56 Å². The van der Waals surface area contributed by atoms with Gasteiger partial charge in [0.25, 0.3) is 0 Å². The lowest BCUT2D eigenvalue weighted by Gasteiger charge is -2.16. The summed E-state index contributed by atoms with van der Waals surface area (Å²) in [4.78, 5) is 0. The molecule has 0 bridgehead atoms. The lowest BCUT2D eigenvalue weighted by atomic mass is 10.1. The fourth-order valence-corrected chi connectivity index (χ4v) is 2.42. The number of hydrogen-bond donors (Lipinski definition) is 1. The van der Waals surface area contributed by atoms with Gasteiger partial charge >= 0.3 is 0 Å². The molecule has 0 radical (unpaired) electrons. The summed E-state index contributed by atoms with van der Waals surface area (Å²) in [5.41, 5.74) is 0.941. The largest absolute Gasteiger partial charge is 0.454 e. The molecule has 2 aromatic carbocycles. The van der Waals surface area contributed by atoms with Gasteiger partial charge in [-0.3, -0.25) is 0 Å². The van der Waals surface area contributed by atoms with Crippen molar-refractivity contribution in [1.29, 1.82) is 0 Å². The van der Waals surface area contributed by atoms with Gasteiger partial charge in [0, 0.05) is 23.7 Å². The maximum Gasteiger partial charge on any atom is 0.231 e. The summed E-state index contributed by atoms with van der Waals surface area (Å²) in [7, 11) is 0. The number of benzene rings is 2. The Morgan fingerprint density at radius 3 is 2.57 bits per heavy atom. The van der Waals surface area contributed by atoms with Crippen molar-refractivity contribution in [2.24, 2.45) is 0 Å². The number of ether oxygens (including phenoxy) is 2. The van der Waals surface area contributed by atoms with Gasteiger partial charge < -0.3 is 14.8 Å². The van der Waals surface area contributed by atoms with E-state index in [1.54, 1.807) is 6.92 Å². The Balaban J connectivity index is 1.75. The van der Waals surface area contributed by atoms with Crippen molar-refractivity contribution in [3.05, 3.63) is 59.2 Å². The average molecular weight is 291 g/mol. The number of rotatable bonds is 4. The minimum atomic E-state index is -0.548. The summed E-state index contributed by atoms with van der Waals surface area (Å²) in [6, 6.07) is 9.00. The number of nitrogens with one attached hydrogen (secondary N) is 1. The molecule has 0 fully saturated rings. The van der Waals surface area contributed by atoms with Crippen molar-refractivity contribution in [2.75, 3.05) is 6.79 Å². The van der Waals surface area contributed by atoms with E-state index in [1.807, 2.05) is 18.2 Å². The molecule has 1 unspecified atom stereocenters. The van der Waals surface area contributed by atoms with E-state index in [-0.39, 0.29) is 12.4 Å². The van der Waals surface area contributed by atoms with E-state index in [2.05, 4.69) is 5.32 Å². The van der Waals surface area contributed by atoms with Crippen LogP contribution in [0.25, 0.3) is 0 Å². The van der Waals surface area contributed by atoms with Crippen LogP contribution in [0.3, 0.4) is 0 Å². The van der Waals surface area contributed by atoms with Crippen molar-refractivity contribution >= 4 is 0 Å². The quantitative estimate of drug-likeness (QED) is 0.934. The van der Waals surface area contributed by atoms with Gasteiger partial charge in [-0.1, -0.05) is 18.2 Å². The molecule has 0 aromatic heterocycles. The van der Waals surface area contributed by atoms with E-state index >= 15 is 0 Å². The normalized spacial score (nSPS) is 14.2. The fourth-order valence-electron chi connectivity index (χ4n) is 2.42. The van der Waals surface area contributed by atoms with Gasteiger partial charge in [0.05, 0.1) is 0 Å². The Hall–Kier alpha value is -2.14. The maximum absolute atomic E-state index is 13.7. The summed E-state index contributed by atoms with van der Waals surface area (Å²) in [6.07, 6.45) is 0. The molecule has 0 amide bonds. The van der Waals surface area contributed by atoms with E-state index in [0.29, 0.717) is 18.0 Å². The van der Waals surface area contributed by atoms with Gasteiger partial charge in [-0.25, -0.2) is 8.78 Å². The molecule has 1 heterocycles. The second-order valence-corrected chi connectivity index (χ2v) is 4.89. The van der Waals surface area contributed by atoms with E-state index < -0.39 is 17.7 Å². The fraction of sp³-hybridized carbons (Fsp3) is 0.250. The highest BCUT2D eigenvalue weighted by molar-refractivity contribution is 5.48. The molecule has 1 N–H and O–H groups in total. The van der Waals surface area contributed by atoms with E-state index in [4.69, 9.17) is 9.47 Å². The molecular formula is C16H15F2NO2. The molecule has 21 heavy (non-hydrogen) atoms. The van der Waals surface area contributed by atoms with Crippen molar-refractivity contribution in [3.63, 3.8) is 0 Å². The molecule has 5 heteroatoms. The van der Waals surface area contributed by atoms with Crippen LogP contribution in [0.1, 0.15) is 24.1 Å². The predicted octanol–water partition coefficient (Wildman–Crippen LogP) is 3.54. The minimum absolute atomic E-state index is 0.0437. The van der Waals surface area contributed by atoms with E-state index in [1.165, 1.54) is 18.2 Å². The van der Waals surface area contributed by atoms with Crippen LogP contribution in [0.15, 0.2) is 36.4 Å². The van der Waals surface area contributed by atoms with Crippen LogP contribution in [0.4, 0.5) is 8.78 Å². The lowest BCUT2D eigenvalue weighted by Crippen LogP contribution is -2.20. The minimum Gasteiger partial charge on any atom is -0.454 e. The summed E-state index contributed by atoms with van der Waals surface area (Å²) in [6.45, 7) is 2.35. The first-order chi connectivity index (χ1) is 10.2. The van der Waals surface area contributed by atoms with Crippen LogP contribution in [-0.2, 0) is 6.54 Å². The number of halogens is 2. The smallest absolute Gasteiger partial charge is 0.231 e. The van der Waals surface area contributed by atoms with Gasteiger partial charge in [0.15, 0.2) is 11.5 Å². The average Bonchev–Trinajstić information content (AvgIpc) is 2.93. The van der Waals surface area contributed by atoms with Gasteiger partial charge in [-0.05, 0) is 25.1 Å². The Bertz CT molecular complexity index is 640. The molecule has 0 spiro atoms. The molecular weight excluding hydrogens is 276 g/mol. The highest BCUT2D eigenvalue weighted by atomic mass is 19.1. The molecule has 0 aliphatic carbocycles. The molecule has 1 atom stereocenters. The molecule has 2 aromatic rings.